The molecule has 40 heavy (non-hydrogen) atoms. The van der Waals surface area contributed by atoms with Gasteiger partial charge in [0.05, 0.1) is 32.4 Å². The Bertz CT molecular complexity index is 1630. The van der Waals surface area contributed by atoms with Gasteiger partial charge in [0, 0.05) is 11.4 Å². The highest BCUT2D eigenvalue weighted by molar-refractivity contribution is 7.91. The molecule has 0 saturated heterocycles. The molecule has 4 aromatic rings. The normalized spacial score (nSPS) is 11.6. The van der Waals surface area contributed by atoms with Crippen LogP contribution in [0, 0.1) is 0 Å². The van der Waals surface area contributed by atoms with E-state index in [9.17, 15) is 26.4 Å². The van der Waals surface area contributed by atoms with Gasteiger partial charge in [0.15, 0.2) is 19.7 Å². The van der Waals surface area contributed by atoms with E-state index in [1.165, 1.54) is 38.1 Å². The lowest BCUT2D eigenvalue weighted by Gasteiger charge is -2.11. The fraction of sp³-hybridized carbons (Fsp3) is 0.133. The van der Waals surface area contributed by atoms with Crippen molar-refractivity contribution in [1.82, 2.24) is 0 Å². The fourth-order valence-corrected chi connectivity index (χ4v) is 6.24. The molecule has 0 radical (unpaired) electrons. The van der Waals surface area contributed by atoms with E-state index in [1.54, 1.807) is 48.5 Å². The van der Waals surface area contributed by atoms with Gasteiger partial charge in [0.1, 0.15) is 0 Å². The van der Waals surface area contributed by atoms with Crippen LogP contribution in [0.1, 0.15) is 34.6 Å². The molecule has 0 aromatic heterocycles. The number of rotatable bonds is 9. The highest BCUT2D eigenvalue weighted by atomic mass is 32.2. The number of anilines is 2. The Kier molecular flexibility index (Phi) is 8.51. The standard InChI is InChI=1S/C30H28N2O6S2/c1-3-39(35,36)27-11-7-5-9-25(27)29(33)31-23-17-13-21(14-18-23)22-15-19-24(20-16-22)32-30(34)26-10-6-8-12-28(26)40(37,38)4-2/h5-20H,3-4H2,1-2H3,(H,31,33)(H,32,34). The van der Waals surface area contributed by atoms with Gasteiger partial charge < -0.3 is 10.6 Å². The Morgan fingerprint density at radius 1 is 0.525 bits per heavy atom. The maximum atomic E-state index is 12.8. The van der Waals surface area contributed by atoms with Crippen molar-refractivity contribution < 1.29 is 26.4 Å². The van der Waals surface area contributed by atoms with Gasteiger partial charge in [-0.25, -0.2) is 16.8 Å². The second-order valence-corrected chi connectivity index (χ2v) is 13.4. The second-order valence-electron chi connectivity index (χ2n) is 8.86. The van der Waals surface area contributed by atoms with Gasteiger partial charge in [-0.15, -0.1) is 0 Å². The third-order valence-corrected chi connectivity index (χ3v) is 9.88. The molecule has 206 valence electrons. The van der Waals surface area contributed by atoms with Gasteiger partial charge in [0.25, 0.3) is 11.8 Å². The Morgan fingerprint density at radius 3 is 1.18 bits per heavy atom. The molecule has 0 heterocycles. The number of nitrogens with one attached hydrogen (secondary N) is 2. The molecule has 4 aromatic carbocycles. The third kappa shape index (κ3) is 6.30. The van der Waals surface area contributed by atoms with Crippen LogP contribution in [0.15, 0.2) is 107 Å². The molecular formula is C30H28N2O6S2. The number of carbonyl (C=O) groups excluding carboxylic acids is 2. The van der Waals surface area contributed by atoms with Crippen LogP contribution in [0.3, 0.4) is 0 Å². The number of hydrogen-bond acceptors (Lipinski definition) is 6. The smallest absolute Gasteiger partial charge is 0.256 e. The summed E-state index contributed by atoms with van der Waals surface area (Å²) in [5, 5.41) is 5.49. The van der Waals surface area contributed by atoms with Crippen LogP contribution in [-0.4, -0.2) is 40.2 Å². The summed E-state index contributed by atoms with van der Waals surface area (Å²) in [7, 11) is -7.12. The van der Waals surface area contributed by atoms with Crippen molar-refractivity contribution in [3.05, 3.63) is 108 Å². The highest BCUT2D eigenvalue weighted by Gasteiger charge is 2.22. The largest absolute Gasteiger partial charge is 0.322 e. The number of hydrogen-bond donors (Lipinski definition) is 2. The Morgan fingerprint density at radius 2 is 0.850 bits per heavy atom. The van der Waals surface area contributed by atoms with E-state index in [1.807, 2.05) is 24.3 Å². The second kappa shape index (κ2) is 11.8. The van der Waals surface area contributed by atoms with Crippen LogP contribution in [-0.2, 0) is 19.7 Å². The number of sulfone groups is 2. The van der Waals surface area contributed by atoms with Crippen LogP contribution in [0.5, 0.6) is 0 Å². The molecule has 0 spiro atoms. The molecule has 2 N–H and O–H groups in total. The van der Waals surface area contributed by atoms with E-state index in [0.29, 0.717) is 11.4 Å². The van der Waals surface area contributed by atoms with Gasteiger partial charge >= 0.3 is 0 Å². The summed E-state index contributed by atoms with van der Waals surface area (Å²) in [5.74, 6) is -1.26. The monoisotopic (exact) mass is 576 g/mol. The maximum absolute atomic E-state index is 12.8. The molecule has 0 unspecified atom stereocenters. The SMILES string of the molecule is CCS(=O)(=O)c1ccccc1C(=O)Nc1ccc(-c2ccc(NC(=O)c3ccccc3S(=O)(=O)CC)cc2)cc1. The molecule has 0 fully saturated rings. The molecule has 2 amide bonds. The van der Waals surface area contributed by atoms with Crippen LogP contribution < -0.4 is 10.6 Å². The summed E-state index contributed by atoms with van der Waals surface area (Å²) in [6.07, 6.45) is 0. The summed E-state index contributed by atoms with van der Waals surface area (Å²) < 4.78 is 49.5. The zero-order valence-corrected chi connectivity index (χ0v) is 23.6. The van der Waals surface area contributed by atoms with Crippen LogP contribution in [0.25, 0.3) is 11.1 Å². The van der Waals surface area contributed by atoms with Crippen molar-refractivity contribution in [2.45, 2.75) is 23.6 Å². The molecular weight excluding hydrogens is 548 g/mol. The van der Waals surface area contributed by atoms with Gasteiger partial charge in [-0.05, 0) is 59.7 Å². The molecule has 0 bridgehead atoms. The Labute approximate surface area is 233 Å². The summed E-state index contributed by atoms with van der Waals surface area (Å²) in [5.41, 5.74) is 2.87. The molecule has 0 saturated carbocycles. The van der Waals surface area contributed by atoms with Gasteiger partial charge in [-0.3, -0.25) is 9.59 Å². The minimum absolute atomic E-state index is 0.00530. The predicted molar refractivity (Wildman–Crippen MR) is 156 cm³/mol. The molecule has 0 aliphatic rings. The van der Waals surface area contributed by atoms with Crippen molar-refractivity contribution in [1.29, 1.82) is 0 Å². The van der Waals surface area contributed by atoms with Gasteiger partial charge in [-0.1, -0.05) is 62.4 Å². The topological polar surface area (TPSA) is 126 Å². The van der Waals surface area contributed by atoms with Gasteiger partial charge in [-0.2, -0.15) is 0 Å². The first-order valence-electron chi connectivity index (χ1n) is 12.5. The summed E-state index contributed by atoms with van der Waals surface area (Å²) in [6, 6.07) is 26.3. The number of carbonyl (C=O) groups is 2. The van der Waals surface area contributed by atoms with E-state index < -0.39 is 31.5 Å². The summed E-state index contributed by atoms with van der Waals surface area (Å²) in [6.45, 7) is 3.06. The first-order chi connectivity index (χ1) is 19.1. The highest BCUT2D eigenvalue weighted by Crippen LogP contribution is 2.25. The quantitative estimate of drug-likeness (QED) is 0.273. The first-order valence-corrected chi connectivity index (χ1v) is 15.8. The predicted octanol–water partition coefficient (Wildman–Crippen LogP) is 5.45. The van der Waals surface area contributed by atoms with Crippen molar-refractivity contribution >= 4 is 42.9 Å². The van der Waals surface area contributed by atoms with E-state index in [4.69, 9.17) is 0 Å². The molecule has 0 atom stereocenters. The number of benzene rings is 4. The third-order valence-electron chi connectivity index (χ3n) is 6.31. The van der Waals surface area contributed by atoms with Crippen molar-refractivity contribution in [2.75, 3.05) is 22.1 Å². The Balaban J connectivity index is 1.46. The lowest BCUT2D eigenvalue weighted by molar-refractivity contribution is 0.101. The minimum atomic E-state index is -3.56. The lowest BCUT2D eigenvalue weighted by atomic mass is 10.0. The average molecular weight is 577 g/mol. The minimum Gasteiger partial charge on any atom is -0.322 e. The molecule has 8 nitrogen and oxygen atoms in total. The number of amides is 2. The molecule has 4 rings (SSSR count). The van der Waals surface area contributed by atoms with Crippen LogP contribution >= 0.6 is 0 Å². The van der Waals surface area contributed by atoms with Crippen LogP contribution in [0.4, 0.5) is 11.4 Å². The molecule has 0 aliphatic heterocycles. The fourth-order valence-electron chi connectivity index (χ4n) is 4.05. The van der Waals surface area contributed by atoms with Gasteiger partial charge in [0.2, 0.25) is 0 Å². The van der Waals surface area contributed by atoms with Crippen molar-refractivity contribution in [3.63, 3.8) is 0 Å². The molecule has 10 heteroatoms. The lowest BCUT2D eigenvalue weighted by Crippen LogP contribution is -2.17. The first kappa shape index (κ1) is 28.7. The summed E-state index contributed by atoms with van der Waals surface area (Å²) >= 11 is 0. The van der Waals surface area contributed by atoms with E-state index in [2.05, 4.69) is 10.6 Å². The van der Waals surface area contributed by atoms with Crippen molar-refractivity contribution in [3.8, 4) is 11.1 Å². The van der Waals surface area contributed by atoms with Crippen LogP contribution in [0.2, 0.25) is 0 Å². The Hall–Kier alpha value is -4.28. The maximum Gasteiger partial charge on any atom is 0.256 e. The van der Waals surface area contributed by atoms with E-state index >= 15 is 0 Å². The molecule has 0 aliphatic carbocycles. The average Bonchev–Trinajstić information content (AvgIpc) is 2.98. The van der Waals surface area contributed by atoms with Crippen molar-refractivity contribution in [2.24, 2.45) is 0 Å². The zero-order valence-electron chi connectivity index (χ0n) is 21.9. The zero-order chi connectivity index (χ0) is 28.9. The summed E-state index contributed by atoms with van der Waals surface area (Å²) in [4.78, 5) is 25.6. The van der Waals surface area contributed by atoms with E-state index in [0.717, 1.165) is 11.1 Å². The van der Waals surface area contributed by atoms with E-state index in [-0.39, 0.29) is 32.4 Å².